The first-order chi connectivity index (χ1) is 8.11. The van der Waals surface area contributed by atoms with E-state index in [4.69, 9.17) is 14.6 Å². The molecule has 0 fully saturated rings. The van der Waals surface area contributed by atoms with Crippen molar-refractivity contribution in [1.29, 1.82) is 0 Å². The van der Waals surface area contributed by atoms with Gasteiger partial charge in [-0.15, -0.1) is 0 Å². The summed E-state index contributed by atoms with van der Waals surface area (Å²) in [7, 11) is 0. The van der Waals surface area contributed by atoms with Crippen LogP contribution in [0.2, 0.25) is 0 Å². The van der Waals surface area contributed by atoms with E-state index in [9.17, 15) is 9.59 Å². The van der Waals surface area contributed by atoms with Gasteiger partial charge in [0.05, 0.1) is 11.4 Å². The molecule has 0 radical (unpaired) electrons. The molecule has 1 atom stereocenters. The monoisotopic (exact) mass is 237 g/mol. The van der Waals surface area contributed by atoms with E-state index >= 15 is 0 Å². The first-order valence-corrected chi connectivity index (χ1v) is 5.08. The van der Waals surface area contributed by atoms with E-state index < -0.39 is 17.6 Å². The van der Waals surface area contributed by atoms with E-state index in [1.807, 2.05) is 0 Å². The number of benzene rings is 1. The minimum atomic E-state index is -1.02. The molecule has 2 aromatic rings. The molecule has 1 heterocycles. The van der Waals surface area contributed by atoms with E-state index in [1.165, 1.54) is 6.07 Å². The third kappa shape index (κ3) is 2.21. The number of carboxylic acids is 1. The average Bonchev–Trinajstić information content (AvgIpc) is 2.64. The summed E-state index contributed by atoms with van der Waals surface area (Å²) in [6.07, 6.45) is 0.121. The Bertz CT molecular complexity index is 597. The molecule has 0 amide bonds. The van der Waals surface area contributed by atoms with Crippen LogP contribution >= 0.6 is 0 Å². The third-order valence-electron chi connectivity index (χ3n) is 2.56. The van der Waals surface area contributed by atoms with Crippen LogP contribution in [0, 0.1) is 0 Å². The molecule has 6 heteroatoms. The van der Waals surface area contributed by atoms with Crippen LogP contribution in [0.3, 0.4) is 0 Å². The molecule has 3 N–H and O–H groups in total. The largest absolute Gasteiger partial charge is 0.481 e. The number of aliphatic hydroxyl groups excluding tert-OH is 1. The number of fused-ring (bicyclic) bond motifs is 1. The minimum absolute atomic E-state index is 0.121. The molecule has 0 aliphatic rings. The van der Waals surface area contributed by atoms with Crippen LogP contribution in [-0.2, 0) is 4.79 Å². The normalized spacial score (nSPS) is 12.8. The van der Waals surface area contributed by atoms with Crippen molar-refractivity contribution in [2.75, 3.05) is 6.61 Å². The molecule has 0 saturated carbocycles. The van der Waals surface area contributed by atoms with Crippen LogP contribution in [0.15, 0.2) is 27.4 Å². The fraction of sp³-hybridized carbons (Fsp3) is 0.273. The zero-order chi connectivity index (χ0) is 12.4. The third-order valence-corrected chi connectivity index (χ3v) is 2.56. The number of nitrogens with one attached hydrogen (secondary N) is 1. The Hall–Kier alpha value is -2.08. The number of aromatic nitrogens is 1. The van der Waals surface area contributed by atoms with Crippen LogP contribution < -0.4 is 5.76 Å². The van der Waals surface area contributed by atoms with E-state index in [0.717, 1.165) is 0 Å². The minimum Gasteiger partial charge on any atom is -0.481 e. The number of carboxylic acid groups (broad SMARTS) is 1. The second-order valence-corrected chi connectivity index (χ2v) is 3.67. The molecule has 1 aromatic carbocycles. The lowest BCUT2D eigenvalue weighted by molar-refractivity contribution is -0.139. The van der Waals surface area contributed by atoms with Crippen LogP contribution in [0.25, 0.3) is 11.1 Å². The molecule has 2 rings (SSSR count). The molecule has 0 bridgehead atoms. The fourth-order valence-electron chi connectivity index (χ4n) is 1.74. The zero-order valence-electron chi connectivity index (χ0n) is 8.84. The summed E-state index contributed by atoms with van der Waals surface area (Å²) in [6, 6.07) is 4.69. The molecule has 0 spiro atoms. The number of aromatic amines is 1. The highest BCUT2D eigenvalue weighted by Gasteiger charge is 2.20. The van der Waals surface area contributed by atoms with Crippen molar-refractivity contribution in [3.05, 3.63) is 34.3 Å². The van der Waals surface area contributed by atoms with Crippen LogP contribution in [0.5, 0.6) is 0 Å². The molecular weight excluding hydrogens is 226 g/mol. The smallest absolute Gasteiger partial charge is 0.417 e. The molecule has 6 nitrogen and oxygen atoms in total. The SMILES string of the molecule is O=C(O)C(CCO)c1ccc2[nH]c(=O)oc2c1. The van der Waals surface area contributed by atoms with Crippen molar-refractivity contribution >= 4 is 17.1 Å². The Balaban J connectivity index is 2.46. The van der Waals surface area contributed by atoms with Crippen LogP contribution in [0.4, 0.5) is 0 Å². The van der Waals surface area contributed by atoms with Gasteiger partial charge < -0.3 is 14.6 Å². The van der Waals surface area contributed by atoms with Crippen LogP contribution in [-0.4, -0.2) is 27.8 Å². The average molecular weight is 237 g/mol. The predicted octanol–water partition coefficient (Wildman–Crippen LogP) is 0.672. The van der Waals surface area contributed by atoms with Gasteiger partial charge in [-0.2, -0.15) is 0 Å². The van der Waals surface area contributed by atoms with Crippen molar-refractivity contribution < 1.29 is 19.4 Å². The highest BCUT2D eigenvalue weighted by molar-refractivity contribution is 5.79. The zero-order valence-corrected chi connectivity index (χ0v) is 8.84. The van der Waals surface area contributed by atoms with E-state index in [0.29, 0.717) is 16.7 Å². The Labute approximate surface area is 95.5 Å². The summed E-state index contributed by atoms with van der Waals surface area (Å²) >= 11 is 0. The molecular formula is C11H11NO5. The number of H-pyrrole nitrogens is 1. The second-order valence-electron chi connectivity index (χ2n) is 3.67. The molecule has 0 saturated heterocycles. The maximum atomic E-state index is 11.0. The van der Waals surface area contributed by atoms with Gasteiger partial charge in [0.2, 0.25) is 0 Å². The summed E-state index contributed by atoms with van der Waals surface area (Å²) in [4.78, 5) is 24.4. The summed E-state index contributed by atoms with van der Waals surface area (Å²) in [5.41, 5.74) is 1.34. The molecule has 17 heavy (non-hydrogen) atoms. The molecule has 1 unspecified atom stereocenters. The molecule has 0 aliphatic carbocycles. The van der Waals surface area contributed by atoms with Crippen LogP contribution in [0.1, 0.15) is 17.9 Å². The van der Waals surface area contributed by atoms with Gasteiger partial charge in [0, 0.05) is 6.61 Å². The molecule has 1 aromatic heterocycles. The number of aliphatic hydroxyl groups is 1. The van der Waals surface area contributed by atoms with Crippen molar-refractivity contribution in [1.82, 2.24) is 4.98 Å². The first-order valence-electron chi connectivity index (χ1n) is 5.08. The fourth-order valence-corrected chi connectivity index (χ4v) is 1.74. The van der Waals surface area contributed by atoms with Gasteiger partial charge in [-0.05, 0) is 24.1 Å². The van der Waals surface area contributed by atoms with Gasteiger partial charge in [-0.25, -0.2) is 4.79 Å². The number of oxazole rings is 1. The van der Waals surface area contributed by atoms with E-state index in [2.05, 4.69) is 4.98 Å². The topological polar surface area (TPSA) is 104 Å². The Kier molecular flexibility index (Phi) is 2.97. The van der Waals surface area contributed by atoms with Gasteiger partial charge in [0.1, 0.15) is 0 Å². The number of hydrogen-bond donors (Lipinski definition) is 3. The van der Waals surface area contributed by atoms with E-state index in [-0.39, 0.29) is 13.0 Å². The lowest BCUT2D eigenvalue weighted by Crippen LogP contribution is -2.13. The van der Waals surface area contributed by atoms with Crippen molar-refractivity contribution in [2.24, 2.45) is 0 Å². The van der Waals surface area contributed by atoms with Crippen molar-refractivity contribution in [2.45, 2.75) is 12.3 Å². The van der Waals surface area contributed by atoms with Gasteiger partial charge in [-0.3, -0.25) is 9.78 Å². The van der Waals surface area contributed by atoms with E-state index in [1.54, 1.807) is 12.1 Å². The van der Waals surface area contributed by atoms with Gasteiger partial charge in [0.25, 0.3) is 0 Å². The van der Waals surface area contributed by atoms with Gasteiger partial charge in [0.15, 0.2) is 5.58 Å². The van der Waals surface area contributed by atoms with Crippen molar-refractivity contribution in [3.8, 4) is 0 Å². The predicted molar refractivity (Wildman–Crippen MR) is 58.9 cm³/mol. The van der Waals surface area contributed by atoms with Gasteiger partial charge >= 0.3 is 11.7 Å². The molecule has 90 valence electrons. The summed E-state index contributed by atoms with van der Waals surface area (Å²) < 4.78 is 4.85. The summed E-state index contributed by atoms with van der Waals surface area (Å²) in [5, 5.41) is 17.8. The number of hydrogen-bond acceptors (Lipinski definition) is 4. The maximum absolute atomic E-state index is 11.0. The Morgan fingerprint density at radius 2 is 2.24 bits per heavy atom. The Morgan fingerprint density at radius 1 is 1.47 bits per heavy atom. The highest BCUT2D eigenvalue weighted by Crippen LogP contribution is 2.23. The number of carbonyl (C=O) groups is 1. The summed E-state index contributed by atoms with van der Waals surface area (Å²) in [5.74, 6) is -2.40. The van der Waals surface area contributed by atoms with Gasteiger partial charge in [-0.1, -0.05) is 6.07 Å². The lowest BCUT2D eigenvalue weighted by Gasteiger charge is -2.10. The number of rotatable bonds is 4. The standard InChI is InChI=1S/C11H11NO5/c13-4-3-7(10(14)15)6-1-2-8-9(5-6)17-11(16)12-8/h1-2,5,7,13H,3-4H2,(H,12,16)(H,14,15). The second kappa shape index (κ2) is 4.42. The molecule has 0 aliphatic heterocycles. The Morgan fingerprint density at radius 3 is 2.88 bits per heavy atom. The maximum Gasteiger partial charge on any atom is 0.417 e. The summed E-state index contributed by atoms with van der Waals surface area (Å²) in [6.45, 7) is -0.216. The number of aliphatic carboxylic acids is 1. The first kappa shape index (κ1) is 11.4. The lowest BCUT2D eigenvalue weighted by atomic mass is 9.96. The quantitative estimate of drug-likeness (QED) is 0.725. The highest BCUT2D eigenvalue weighted by atomic mass is 16.4. The van der Waals surface area contributed by atoms with Crippen molar-refractivity contribution in [3.63, 3.8) is 0 Å².